The molecule has 2 aromatic rings. The van der Waals surface area contributed by atoms with Gasteiger partial charge in [0.2, 0.25) is 0 Å². The molecule has 2 rings (SSSR count). The number of halogens is 1. The van der Waals surface area contributed by atoms with E-state index in [1.54, 1.807) is 19.4 Å². The van der Waals surface area contributed by atoms with Crippen molar-refractivity contribution in [2.24, 2.45) is 0 Å². The van der Waals surface area contributed by atoms with Crippen LogP contribution in [0.15, 0.2) is 24.7 Å². The maximum atomic E-state index is 12.2. The first-order valence-electron chi connectivity index (χ1n) is 5.22. The molecule has 1 amide bonds. The van der Waals surface area contributed by atoms with E-state index in [1.165, 1.54) is 17.2 Å². The Morgan fingerprint density at radius 2 is 2.33 bits per heavy atom. The number of anilines is 1. The largest absolute Gasteiger partial charge is 0.397 e. The van der Waals surface area contributed by atoms with Crippen LogP contribution in [0.2, 0.25) is 5.15 Å². The molecule has 18 heavy (non-hydrogen) atoms. The second-order valence-corrected chi connectivity index (χ2v) is 4.23. The number of aromatic nitrogens is 3. The fourth-order valence-electron chi connectivity index (χ4n) is 1.53. The molecule has 0 spiro atoms. The summed E-state index contributed by atoms with van der Waals surface area (Å²) in [4.78, 5) is 17.5. The summed E-state index contributed by atoms with van der Waals surface area (Å²) in [6, 6.07) is 1.52. The Morgan fingerprint density at radius 3 is 3.00 bits per heavy atom. The molecular formula is C11H12ClN5O. The van der Waals surface area contributed by atoms with Gasteiger partial charge in [0.05, 0.1) is 23.6 Å². The Bertz CT molecular complexity index is 555. The van der Waals surface area contributed by atoms with Crippen LogP contribution in [-0.4, -0.2) is 33.0 Å². The molecule has 7 heteroatoms. The smallest absolute Gasteiger partial charge is 0.257 e. The molecule has 2 aromatic heterocycles. The predicted molar refractivity (Wildman–Crippen MR) is 68.0 cm³/mol. The number of nitrogens with zero attached hydrogens (tertiary/aromatic N) is 3. The maximum absolute atomic E-state index is 12.2. The van der Waals surface area contributed by atoms with Crippen molar-refractivity contribution in [1.82, 2.24) is 20.1 Å². The molecule has 0 bridgehead atoms. The molecule has 94 valence electrons. The van der Waals surface area contributed by atoms with E-state index in [4.69, 9.17) is 17.3 Å². The minimum Gasteiger partial charge on any atom is -0.397 e. The van der Waals surface area contributed by atoms with Crippen molar-refractivity contribution in [1.29, 1.82) is 0 Å². The quantitative estimate of drug-likeness (QED) is 0.819. The van der Waals surface area contributed by atoms with Crippen LogP contribution >= 0.6 is 11.6 Å². The summed E-state index contributed by atoms with van der Waals surface area (Å²) >= 11 is 5.88. The van der Waals surface area contributed by atoms with Crippen LogP contribution in [0.4, 0.5) is 5.69 Å². The van der Waals surface area contributed by atoms with Gasteiger partial charge in [-0.1, -0.05) is 11.6 Å². The number of hydrogen-bond donors (Lipinski definition) is 2. The number of nitrogens with two attached hydrogens (primary N) is 1. The molecule has 0 radical (unpaired) electrons. The molecule has 0 aliphatic heterocycles. The third kappa shape index (κ3) is 2.60. The zero-order valence-electron chi connectivity index (χ0n) is 9.72. The van der Waals surface area contributed by atoms with Gasteiger partial charge in [0, 0.05) is 25.4 Å². The monoisotopic (exact) mass is 265 g/mol. The first kappa shape index (κ1) is 12.4. The van der Waals surface area contributed by atoms with Gasteiger partial charge in [-0.05, 0) is 6.07 Å². The van der Waals surface area contributed by atoms with E-state index in [0.29, 0.717) is 17.8 Å². The molecule has 3 N–H and O–H groups in total. The van der Waals surface area contributed by atoms with Crippen LogP contribution in [0, 0.1) is 0 Å². The lowest BCUT2D eigenvalue weighted by Crippen LogP contribution is -2.26. The lowest BCUT2D eigenvalue weighted by Gasteiger charge is -2.16. The highest BCUT2D eigenvalue weighted by Gasteiger charge is 2.16. The molecule has 0 saturated heterocycles. The molecule has 0 saturated carbocycles. The first-order chi connectivity index (χ1) is 8.58. The summed E-state index contributed by atoms with van der Waals surface area (Å²) in [6.07, 6.45) is 4.79. The van der Waals surface area contributed by atoms with Crippen molar-refractivity contribution in [3.8, 4) is 0 Å². The highest BCUT2D eigenvalue weighted by Crippen LogP contribution is 2.18. The van der Waals surface area contributed by atoms with E-state index in [1.807, 2.05) is 0 Å². The molecule has 2 heterocycles. The first-order valence-corrected chi connectivity index (χ1v) is 5.60. The standard InChI is InChI=1S/C11H12ClN5O/c1-17(6-7-3-15-16-4-7)11(18)9-2-8(13)5-14-10(9)12/h2-5H,6,13H2,1H3,(H,15,16). The molecule has 0 unspecified atom stereocenters. The van der Waals surface area contributed by atoms with Gasteiger partial charge in [0.15, 0.2) is 0 Å². The highest BCUT2D eigenvalue weighted by atomic mass is 35.5. The summed E-state index contributed by atoms with van der Waals surface area (Å²) < 4.78 is 0. The molecule has 0 atom stereocenters. The van der Waals surface area contributed by atoms with Gasteiger partial charge in [-0.25, -0.2) is 4.98 Å². The third-order valence-corrected chi connectivity index (χ3v) is 2.71. The van der Waals surface area contributed by atoms with Crippen molar-refractivity contribution in [3.05, 3.63) is 40.9 Å². The molecule has 0 aliphatic carbocycles. The number of aromatic amines is 1. The van der Waals surface area contributed by atoms with Crippen LogP contribution in [0.3, 0.4) is 0 Å². The van der Waals surface area contributed by atoms with Crippen molar-refractivity contribution in [3.63, 3.8) is 0 Å². The Kier molecular flexibility index (Phi) is 3.47. The van der Waals surface area contributed by atoms with E-state index in [-0.39, 0.29) is 11.1 Å². The molecule has 6 nitrogen and oxygen atoms in total. The number of pyridine rings is 1. The van der Waals surface area contributed by atoms with Gasteiger partial charge in [-0.2, -0.15) is 5.10 Å². The summed E-state index contributed by atoms with van der Waals surface area (Å²) in [5.74, 6) is -0.235. The number of amides is 1. The molecule has 0 aromatic carbocycles. The second kappa shape index (κ2) is 5.05. The van der Waals surface area contributed by atoms with Gasteiger partial charge >= 0.3 is 0 Å². The van der Waals surface area contributed by atoms with Crippen LogP contribution in [0.5, 0.6) is 0 Å². The van der Waals surface area contributed by atoms with E-state index in [9.17, 15) is 4.79 Å². The lowest BCUT2D eigenvalue weighted by molar-refractivity contribution is 0.0785. The lowest BCUT2D eigenvalue weighted by atomic mass is 10.2. The fraction of sp³-hybridized carbons (Fsp3) is 0.182. The molecular weight excluding hydrogens is 254 g/mol. The topological polar surface area (TPSA) is 87.9 Å². The van der Waals surface area contributed by atoms with Crippen LogP contribution < -0.4 is 5.73 Å². The minimum absolute atomic E-state index is 0.147. The normalized spacial score (nSPS) is 10.3. The van der Waals surface area contributed by atoms with Gasteiger partial charge < -0.3 is 10.6 Å². The van der Waals surface area contributed by atoms with Crippen molar-refractivity contribution < 1.29 is 4.79 Å². The van der Waals surface area contributed by atoms with Crippen molar-refractivity contribution >= 4 is 23.2 Å². The number of carbonyl (C=O) groups is 1. The van der Waals surface area contributed by atoms with Crippen molar-refractivity contribution in [2.75, 3.05) is 12.8 Å². The van der Waals surface area contributed by atoms with Gasteiger partial charge in [0.25, 0.3) is 5.91 Å². The second-order valence-electron chi connectivity index (χ2n) is 3.87. The zero-order chi connectivity index (χ0) is 13.1. The van der Waals surface area contributed by atoms with Gasteiger partial charge in [-0.15, -0.1) is 0 Å². The number of nitrogens with one attached hydrogen (secondary N) is 1. The predicted octanol–water partition coefficient (Wildman–Crippen LogP) is 1.31. The van der Waals surface area contributed by atoms with E-state index in [2.05, 4.69) is 15.2 Å². The highest BCUT2D eigenvalue weighted by molar-refractivity contribution is 6.32. The maximum Gasteiger partial charge on any atom is 0.257 e. The summed E-state index contributed by atoms with van der Waals surface area (Å²) in [5, 5.41) is 6.65. The Morgan fingerprint density at radius 1 is 1.56 bits per heavy atom. The fourth-order valence-corrected chi connectivity index (χ4v) is 1.71. The number of hydrogen-bond acceptors (Lipinski definition) is 4. The van der Waals surface area contributed by atoms with Crippen LogP contribution in [0.25, 0.3) is 0 Å². The summed E-state index contributed by atoms with van der Waals surface area (Å²) in [5.41, 5.74) is 7.19. The number of nitrogen functional groups attached to an aromatic ring is 1. The minimum atomic E-state index is -0.235. The van der Waals surface area contributed by atoms with Crippen LogP contribution in [0.1, 0.15) is 15.9 Å². The van der Waals surface area contributed by atoms with E-state index < -0.39 is 0 Å². The van der Waals surface area contributed by atoms with Crippen molar-refractivity contribution in [2.45, 2.75) is 6.54 Å². The van der Waals surface area contributed by atoms with E-state index >= 15 is 0 Å². The van der Waals surface area contributed by atoms with E-state index in [0.717, 1.165) is 5.56 Å². The average molecular weight is 266 g/mol. The van der Waals surface area contributed by atoms with Gasteiger partial charge in [0.1, 0.15) is 5.15 Å². The number of H-pyrrole nitrogens is 1. The Balaban J connectivity index is 2.17. The third-order valence-electron chi connectivity index (χ3n) is 2.41. The summed E-state index contributed by atoms with van der Waals surface area (Å²) in [6.45, 7) is 0.431. The number of carbonyl (C=O) groups excluding carboxylic acids is 1. The number of rotatable bonds is 3. The SMILES string of the molecule is CN(Cc1cn[nH]c1)C(=O)c1cc(N)cnc1Cl. The van der Waals surface area contributed by atoms with Crippen LogP contribution in [-0.2, 0) is 6.54 Å². The molecule has 0 fully saturated rings. The summed E-state index contributed by atoms with van der Waals surface area (Å²) in [7, 11) is 1.68. The van der Waals surface area contributed by atoms with Gasteiger partial charge in [-0.3, -0.25) is 9.89 Å². The Labute approximate surface area is 109 Å². The Hall–Kier alpha value is -2.08. The molecule has 0 aliphatic rings. The average Bonchev–Trinajstić information content (AvgIpc) is 2.84. The zero-order valence-corrected chi connectivity index (χ0v) is 10.5.